The summed E-state index contributed by atoms with van der Waals surface area (Å²) >= 11 is 14.7. The van der Waals surface area contributed by atoms with Crippen LogP contribution in [-0.2, 0) is 0 Å². The molecule has 0 saturated carbocycles. The van der Waals surface area contributed by atoms with E-state index in [0.717, 1.165) is 10.2 Å². The van der Waals surface area contributed by atoms with E-state index in [4.69, 9.17) is 23.2 Å². The highest BCUT2D eigenvalue weighted by atomic mass is 79.9. The summed E-state index contributed by atoms with van der Waals surface area (Å²) in [6.07, 6.45) is 0. The summed E-state index contributed by atoms with van der Waals surface area (Å²) in [5, 5.41) is 0. The molecule has 1 rings (SSSR count). The minimum absolute atomic E-state index is 0.408. The summed E-state index contributed by atoms with van der Waals surface area (Å²) < 4.78 is 1.05. The van der Waals surface area contributed by atoms with Gasteiger partial charge in [0.2, 0.25) is 0 Å². The Morgan fingerprint density at radius 1 is 1.08 bits per heavy atom. The van der Waals surface area contributed by atoms with Gasteiger partial charge in [0.05, 0.1) is 12.0 Å². The molecular formula is C8H8BrCl2N. The molecule has 0 bridgehead atoms. The Morgan fingerprint density at radius 2 is 1.58 bits per heavy atom. The van der Waals surface area contributed by atoms with Gasteiger partial charge in [-0.3, -0.25) is 0 Å². The van der Waals surface area contributed by atoms with Crippen LogP contribution in [0.1, 0.15) is 0 Å². The predicted octanol–water partition coefficient (Wildman–Crippen LogP) is 3.65. The Morgan fingerprint density at radius 3 is 2.00 bits per heavy atom. The fourth-order valence-electron chi connectivity index (χ4n) is 0.822. The number of hydrogen-bond donors (Lipinski definition) is 0. The molecule has 0 amide bonds. The maximum absolute atomic E-state index is 5.67. The van der Waals surface area contributed by atoms with Crippen LogP contribution in [-0.4, -0.2) is 12.0 Å². The molecule has 1 aromatic rings. The zero-order valence-corrected chi connectivity index (χ0v) is 9.40. The van der Waals surface area contributed by atoms with E-state index in [1.807, 2.05) is 29.2 Å². The van der Waals surface area contributed by atoms with Crippen LogP contribution >= 0.6 is 39.1 Å². The fraction of sp³-hybridized carbons (Fsp3) is 0.250. The highest BCUT2D eigenvalue weighted by Gasteiger charge is 2.01. The first-order valence-corrected chi connectivity index (χ1v) is 5.26. The van der Waals surface area contributed by atoms with Crippen molar-refractivity contribution in [3.63, 3.8) is 0 Å². The van der Waals surface area contributed by atoms with Gasteiger partial charge < -0.3 is 4.90 Å². The van der Waals surface area contributed by atoms with E-state index in [-0.39, 0.29) is 0 Å². The van der Waals surface area contributed by atoms with Crippen molar-refractivity contribution >= 4 is 44.8 Å². The van der Waals surface area contributed by atoms with Crippen LogP contribution in [0.5, 0.6) is 0 Å². The highest BCUT2D eigenvalue weighted by molar-refractivity contribution is 9.10. The van der Waals surface area contributed by atoms with Crippen molar-refractivity contribution in [2.75, 3.05) is 16.9 Å². The molecule has 0 atom stereocenters. The van der Waals surface area contributed by atoms with Crippen LogP contribution in [0.3, 0.4) is 0 Å². The van der Waals surface area contributed by atoms with Crippen molar-refractivity contribution in [1.29, 1.82) is 0 Å². The van der Waals surface area contributed by atoms with Crippen LogP contribution < -0.4 is 4.90 Å². The third-order valence-corrected chi connectivity index (χ3v) is 2.59. The number of benzene rings is 1. The number of alkyl halides is 2. The minimum atomic E-state index is 0.408. The van der Waals surface area contributed by atoms with Crippen LogP contribution in [0.15, 0.2) is 28.7 Å². The molecule has 1 aromatic carbocycles. The van der Waals surface area contributed by atoms with Crippen LogP contribution in [0.2, 0.25) is 0 Å². The average molecular weight is 269 g/mol. The van der Waals surface area contributed by atoms with Gasteiger partial charge in [0.1, 0.15) is 0 Å². The van der Waals surface area contributed by atoms with Crippen molar-refractivity contribution in [3.05, 3.63) is 28.7 Å². The van der Waals surface area contributed by atoms with Gasteiger partial charge in [-0.25, -0.2) is 0 Å². The van der Waals surface area contributed by atoms with Gasteiger partial charge in [-0.15, -0.1) is 23.2 Å². The average Bonchev–Trinajstić information content (AvgIpc) is 2.10. The van der Waals surface area contributed by atoms with Crippen molar-refractivity contribution < 1.29 is 0 Å². The van der Waals surface area contributed by atoms with Gasteiger partial charge in [0.25, 0.3) is 0 Å². The Kier molecular flexibility index (Phi) is 4.19. The van der Waals surface area contributed by atoms with E-state index >= 15 is 0 Å². The maximum Gasteiger partial charge on any atom is 0.0940 e. The van der Waals surface area contributed by atoms with Crippen molar-refractivity contribution in [2.24, 2.45) is 0 Å². The van der Waals surface area contributed by atoms with Gasteiger partial charge in [0.15, 0.2) is 0 Å². The zero-order valence-electron chi connectivity index (χ0n) is 6.30. The molecule has 0 N–H and O–H groups in total. The molecule has 0 fully saturated rings. The lowest BCUT2D eigenvalue weighted by Crippen LogP contribution is -2.18. The standard InChI is InChI=1S/C8H8BrCl2N/c9-7-1-3-8(4-2-7)12(5-10)6-11/h1-4H,5-6H2. The Bertz CT molecular complexity index is 233. The summed E-state index contributed by atoms with van der Waals surface area (Å²) in [5.74, 6) is 0. The lowest BCUT2D eigenvalue weighted by atomic mass is 10.3. The van der Waals surface area contributed by atoms with Gasteiger partial charge in [-0.1, -0.05) is 15.9 Å². The molecule has 12 heavy (non-hydrogen) atoms. The SMILES string of the molecule is ClCN(CCl)c1ccc(Br)cc1. The quantitative estimate of drug-likeness (QED) is 0.598. The lowest BCUT2D eigenvalue weighted by Gasteiger charge is -2.17. The number of anilines is 1. The third-order valence-electron chi connectivity index (χ3n) is 1.48. The minimum Gasteiger partial charge on any atom is -0.344 e. The first-order valence-electron chi connectivity index (χ1n) is 3.40. The number of nitrogens with zero attached hydrogens (tertiary/aromatic N) is 1. The van der Waals surface area contributed by atoms with E-state index in [1.54, 1.807) is 0 Å². The molecular weight excluding hydrogens is 261 g/mol. The van der Waals surface area contributed by atoms with Crippen molar-refractivity contribution in [2.45, 2.75) is 0 Å². The largest absolute Gasteiger partial charge is 0.344 e. The second kappa shape index (κ2) is 4.95. The molecule has 1 nitrogen and oxygen atoms in total. The van der Waals surface area contributed by atoms with Gasteiger partial charge >= 0.3 is 0 Å². The Balaban J connectivity index is 2.80. The maximum atomic E-state index is 5.67. The summed E-state index contributed by atoms with van der Waals surface area (Å²) in [4.78, 5) is 1.86. The molecule has 0 aliphatic heterocycles. The smallest absolute Gasteiger partial charge is 0.0940 e. The molecule has 0 aliphatic carbocycles. The molecule has 0 aliphatic rings. The second-order valence-corrected chi connectivity index (χ2v) is 3.65. The van der Waals surface area contributed by atoms with E-state index in [2.05, 4.69) is 15.9 Å². The molecule has 0 saturated heterocycles. The van der Waals surface area contributed by atoms with E-state index in [1.165, 1.54) is 0 Å². The number of hydrogen-bond acceptors (Lipinski definition) is 1. The lowest BCUT2D eigenvalue weighted by molar-refractivity contribution is 1.05. The Hall–Kier alpha value is 0.0800. The normalized spacial score (nSPS) is 9.92. The van der Waals surface area contributed by atoms with E-state index in [9.17, 15) is 0 Å². The Labute approximate surface area is 90.4 Å². The van der Waals surface area contributed by atoms with Gasteiger partial charge in [-0.05, 0) is 24.3 Å². The molecule has 0 radical (unpaired) electrons. The van der Waals surface area contributed by atoms with Crippen molar-refractivity contribution in [1.82, 2.24) is 0 Å². The molecule has 0 aromatic heterocycles. The summed E-state index contributed by atoms with van der Waals surface area (Å²) in [5.41, 5.74) is 1.03. The first kappa shape index (κ1) is 10.2. The first-order chi connectivity index (χ1) is 5.77. The van der Waals surface area contributed by atoms with Crippen LogP contribution in [0, 0.1) is 0 Å². The zero-order chi connectivity index (χ0) is 8.97. The topological polar surface area (TPSA) is 3.24 Å². The number of rotatable bonds is 3. The molecule has 0 heterocycles. The highest BCUT2D eigenvalue weighted by Crippen LogP contribution is 2.18. The third kappa shape index (κ3) is 2.54. The molecule has 0 spiro atoms. The molecule has 66 valence electrons. The fourth-order valence-corrected chi connectivity index (χ4v) is 1.62. The number of halogens is 3. The molecule has 0 unspecified atom stereocenters. The molecule has 4 heteroatoms. The van der Waals surface area contributed by atoms with Gasteiger partial charge in [0, 0.05) is 10.2 Å². The summed E-state index contributed by atoms with van der Waals surface area (Å²) in [6.45, 7) is 0. The van der Waals surface area contributed by atoms with E-state index < -0.39 is 0 Å². The van der Waals surface area contributed by atoms with Crippen LogP contribution in [0.25, 0.3) is 0 Å². The van der Waals surface area contributed by atoms with Gasteiger partial charge in [-0.2, -0.15) is 0 Å². The van der Waals surface area contributed by atoms with Crippen molar-refractivity contribution in [3.8, 4) is 0 Å². The second-order valence-electron chi connectivity index (χ2n) is 2.26. The van der Waals surface area contributed by atoms with Crippen LogP contribution in [0.4, 0.5) is 5.69 Å². The summed E-state index contributed by atoms with van der Waals surface area (Å²) in [7, 11) is 0. The summed E-state index contributed by atoms with van der Waals surface area (Å²) in [6, 6.07) is 8.67. The van der Waals surface area contributed by atoms with E-state index in [0.29, 0.717) is 12.0 Å². The predicted molar refractivity (Wildman–Crippen MR) is 58.1 cm³/mol. The monoisotopic (exact) mass is 267 g/mol.